The predicted molar refractivity (Wildman–Crippen MR) is 66.7 cm³/mol. The molecule has 0 atom stereocenters. The maximum Gasteiger partial charge on any atom is 0.673 e. The topological polar surface area (TPSA) is 0 Å². The number of rotatable bonds is 1. The van der Waals surface area contributed by atoms with Gasteiger partial charge in [0.05, 0.1) is 7.05 Å². The van der Waals surface area contributed by atoms with E-state index in [2.05, 4.69) is 7.05 Å². The van der Waals surface area contributed by atoms with Gasteiger partial charge >= 0.3 is 14.5 Å². The highest BCUT2D eigenvalue weighted by atomic mass is 35.5. The second-order valence-corrected chi connectivity index (χ2v) is 5.65. The average Bonchev–Trinajstić information content (AvgIpc) is 2.26. The van der Waals surface area contributed by atoms with Gasteiger partial charge in [-0.15, -0.1) is 0 Å². The van der Waals surface area contributed by atoms with Gasteiger partial charge < -0.3 is 39.0 Å². The molecule has 2 nitrogen and oxygen atoms in total. The zero-order valence-electron chi connectivity index (χ0n) is 11.4. The third kappa shape index (κ3) is 11.1. The van der Waals surface area contributed by atoms with Crippen LogP contribution in [0, 0.1) is 0 Å². The van der Waals surface area contributed by atoms with Gasteiger partial charge in [-0.2, -0.15) is 0 Å². The summed E-state index contributed by atoms with van der Waals surface area (Å²) in [6, 6.07) is 0.833. The molecule has 0 amide bonds. The molecule has 0 aromatic carbocycles. The molecule has 0 unspecified atom stereocenters. The van der Waals surface area contributed by atoms with Gasteiger partial charge in [0.2, 0.25) is 0 Å². The molecule has 3 saturated heterocycles. The molecule has 2 bridgehead atoms. The van der Waals surface area contributed by atoms with Crippen molar-refractivity contribution in [1.82, 2.24) is 0 Å². The van der Waals surface area contributed by atoms with Gasteiger partial charge in [-0.25, -0.2) is 0 Å². The third-order valence-corrected chi connectivity index (χ3v) is 4.10. The Bertz CT molecular complexity index is 276. The lowest BCUT2D eigenvalue weighted by Gasteiger charge is -2.53. The number of hydrogen-bond donors (Lipinski definition) is 0. The van der Waals surface area contributed by atoms with E-state index in [-0.39, 0.29) is 0 Å². The van der Waals surface area contributed by atoms with Gasteiger partial charge in [-0.3, -0.25) is 4.48 Å². The Hall–Kier alpha value is -0.220. The number of alkyl halides is 1. The average molecular weight is 350 g/mol. The molecule has 128 valence electrons. The Balaban J connectivity index is 0.000000340. The lowest BCUT2D eigenvalue weighted by molar-refractivity contribution is -1.07. The van der Waals surface area contributed by atoms with Gasteiger partial charge in [0.15, 0.2) is 6.00 Å². The molecular weight excluding hydrogens is 333 g/mol. The summed E-state index contributed by atoms with van der Waals surface area (Å²) in [5.41, 5.74) is 0. The number of quaternary nitrogens is 2. The smallest absolute Gasteiger partial charge is 0.418 e. The Labute approximate surface area is 123 Å². The summed E-state index contributed by atoms with van der Waals surface area (Å²) in [4.78, 5) is 0. The quantitative estimate of drug-likeness (QED) is 0.224. The van der Waals surface area contributed by atoms with E-state index in [0.717, 1.165) is 6.00 Å². The summed E-state index contributed by atoms with van der Waals surface area (Å²) < 4.78 is 80.5. The number of nitrogens with zero attached hydrogens (tertiary/aromatic N) is 2. The van der Waals surface area contributed by atoms with E-state index in [1.54, 1.807) is 0 Å². The molecule has 0 aromatic heterocycles. The van der Waals surface area contributed by atoms with Crippen molar-refractivity contribution in [3.05, 3.63) is 0 Å². The van der Waals surface area contributed by atoms with Crippen molar-refractivity contribution < 1.29 is 43.5 Å². The molecule has 3 heterocycles. The summed E-state index contributed by atoms with van der Waals surface area (Å²) in [7, 11) is -9.62. The van der Waals surface area contributed by atoms with Gasteiger partial charge in [-0.1, -0.05) is 11.6 Å². The summed E-state index contributed by atoms with van der Waals surface area (Å²) in [5.74, 6) is 0. The second-order valence-electron chi connectivity index (χ2n) is 5.41. The fraction of sp³-hybridized carbons (Fsp3) is 1.00. The normalized spacial score (nSPS) is 31.7. The van der Waals surface area contributed by atoms with Gasteiger partial charge in [-0.05, 0) is 0 Å². The molecule has 3 rings (SSSR count). The van der Waals surface area contributed by atoms with Crippen molar-refractivity contribution in [1.29, 1.82) is 0 Å². The minimum absolute atomic E-state index is 0.833. The molecule has 0 spiro atoms. The lowest BCUT2D eigenvalue weighted by Crippen LogP contribution is -2.73. The van der Waals surface area contributed by atoms with Crippen LogP contribution in [0.1, 0.15) is 0 Å². The number of fused-ring (bicyclic) bond motifs is 3. The monoisotopic (exact) mass is 350 g/mol. The molecule has 0 aromatic rings. The first-order valence-electron chi connectivity index (χ1n) is 6.17. The maximum absolute atomic E-state index is 9.75. The van der Waals surface area contributed by atoms with Crippen LogP contribution in [-0.4, -0.2) is 75.8 Å². The fourth-order valence-corrected chi connectivity index (χ4v) is 2.57. The number of halogens is 9. The standard InChI is InChI=1S/C8H17ClN2.2BF4/c1-10-2-5-11(8-9,6-3-10)7-4-10;2*2-1(3,4)5/h2-8H2,1H3;;/q+2;2*-1. The molecule has 3 aliphatic heterocycles. The highest BCUT2D eigenvalue weighted by Gasteiger charge is 2.45. The molecule has 0 saturated carbocycles. The van der Waals surface area contributed by atoms with Crippen molar-refractivity contribution in [3.63, 3.8) is 0 Å². The van der Waals surface area contributed by atoms with E-state index in [1.165, 1.54) is 48.2 Å². The third-order valence-electron chi connectivity index (χ3n) is 3.60. The highest BCUT2D eigenvalue weighted by molar-refractivity contribution is 6.50. The van der Waals surface area contributed by atoms with Crippen LogP contribution in [-0.2, 0) is 0 Å². The zero-order chi connectivity index (χ0) is 16.9. The van der Waals surface area contributed by atoms with Crippen LogP contribution in [0.4, 0.5) is 34.5 Å². The highest BCUT2D eigenvalue weighted by Crippen LogP contribution is 2.24. The van der Waals surface area contributed by atoms with E-state index in [0.29, 0.717) is 0 Å². The molecule has 0 N–H and O–H groups in total. The van der Waals surface area contributed by atoms with Gasteiger partial charge in [0.1, 0.15) is 39.3 Å². The number of piperazine rings is 3. The zero-order valence-corrected chi connectivity index (χ0v) is 12.2. The number of hydrogen-bond acceptors (Lipinski definition) is 0. The first-order valence-corrected chi connectivity index (χ1v) is 6.71. The van der Waals surface area contributed by atoms with Gasteiger partial charge in [0, 0.05) is 0 Å². The van der Waals surface area contributed by atoms with E-state index in [1.807, 2.05) is 0 Å². The van der Waals surface area contributed by atoms with Crippen LogP contribution in [0.25, 0.3) is 0 Å². The molecular formula is C8H17B2ClF8N2. The molecule has 0 radical (unpaired) electrons. The first-order chi connectivity index (χ1) is 9.18. The summed E-state index contributed by atoms with van der Waals surface area (Å²) >= 11 is 5.97. The van der Waals surface area contributed by atoms with Crippen LogP contribution in [0.5, 0.6) is 0 Å². The molecule has 13 heteroatoms. The SMILES string of the molecule is C[N+]12CC[N+](CCl)(CC1)CC2.F[B-](F)(F)F.F[B-](F)(F)F. The molecule has 3 aliphatic rings. The summed E-state index contributed by atoms with van der Waals surface area (Å²) in [5, 5.41) is 0. The van der Waals surface area contributed by atoms with E-state index in [9.17, 15) is 34.5 Å². The van der Waals surface area contributed by atoms with Crippen molar-refractivity contribution in [3.8, 4) is 0 Å². The summed E-state index contributed by atoms with van der Waals surface area (Å²) in [6.45, 7) is 7.94. The first kappa shape index (κ1) is 20.8. The maximum atomic E-state index is 9.75. The predicted octanol–water partition coefficient (Wildman–Crippen LogP) is 3.07. The van der Waals surface area contributed by atoms with Crippen molar-refractivity contribution in [2.45, 2.75) is 0 Å². The minimum Gasteiger partial charge on any atom is -0.418 e. The Kier molecular flexibility index (Phi) is 7.29. The van der Waals surface area contributed by atoms with Crippen molar-refractivity contribution >= 4 is 26.1 Å². The van der Waals surface area contributed by atoms with E-state index >= 15 is 0 Å². The van der Waals surface area contributed by atoms with Crippen LogP contribution in [0.2, 0.25) is 0 Å². The van der Waals surface area contributed by atoms with Crippen LogP contribution in [0.15, 0.2) is 0 Å². The Morgan fingerprint density at radius 2 is 0.952 bits per heavy atom. The largest absolute Gasteiger partial charge is 0.673 e. The molecule has 21 heavy (non-hydrogen) atoms. The van der Waals surface area contributed by atoms with E-state index in [4.69, 9.17) is 11.6 Å². The van der Waals surface area contributed by atoms with Crippen LogP contribution in [0.3, 0.4) is 0 Å². The minimum atomic E-state index is -6.00. The van der Waals surface area contributed by atoms with Gasteiger partial charge in [0.25, 0.3) is 0 Å². The second kappa shape index (κ2) is 7.36. The lowest BCUT2D eigenvalue weighted by atomic mass is 10.1. The Morgan fingerprint density at radius 3 is 1.14 bits per heavy atom. The van der Waals surface area contributed by atoms with Crippen LogP contribution >= 0.6 is 11.6 Å². The Morgan fingerprint density at radius 1 is 0.714 bits per heavy atom. The fourth-order valence-electron chi connectivity index (χ4n) is 2.21. The van der Waals surface area contributed by atoms with Crippen molar-refractivity contribution in [2.75, 3.05) is 52.3 Å². The number of likely N-dealkylation sites (N-methyl/N-ethyl adjacent to an activating group) is 1. The summed E-state index contributed by atoms with van der Waals surface area (Å²) in [6.07, 6.45) is 0. The van der Waals surface area contributed by atoms with Crippen LogP contribution < -0.4 is 0 Å². The molecule has 3 fully saturated rings. The molecule has 0 aliphatic carbocycles. The van der Waals surface area contributed by atoms with E-state index < -0.39 is 14.5 Å². The van der Waals surface area contributed by atoms with Crippen molar-refractivity contribution in [2.24, 2.45) is 0 Å².